The number of hydrogen-bond acceptors (Lipinski definition) is 3. The van der Waals surface area contributed by atoms with Gasteiger partial charge in [0.1, 0.15) is 3.23 Å². The maximum absolute atomic E-state index is 10.9. The molecular weight excluding hydrogens is 432 g/mol. The lowest BCUT2D eigenvalue weighted by atomic mass is 10.1. The van der Waals surface area contributed by atoms with Crippen LogP contribution in [0.5, 0.6) is 0 Å². The molecule has 0 aliphatic rings. The Morgan fingerprint density at radius 1 is 1.39 bits per heavy atom. The second-order valence-electron chi connectivity index (χ2n) is 3.44. The Morgan fingerprint density at radius 3 is 2.56 bits per heavy atom. The summed E-state index contributed by atoms with van der Waals surface area (Å²) in [6.07, 6.45) is 1.66. The van der Waals surface area contributed by atoms with Crippen LogP contribution in [0.15, 0.2) is 43.0 Å². The van der Waals surface area contributed by atoms with E-state index >= 15 is 0 Å². The minimum atomic E-state index is -0.644. The molecule has 0 bridgehead atoms. The van der Waals surface area contributed by atoms with Crippen molar-refractivity contribution in [1.82, 2.24) is 0 Å². The molecule has 1 unspecified atom stereocenters. The Labute approximate surface area is 131 Å². The molecule has 98 valence electrons. The molecule has 1 aromatic rings. The van der Waals surface area contributed by atoms with Crippen molar-refractivity contribution in [2.24, 2.45) is 0 Å². The highest BCUT2D eigenvalue weighted by Crippen LogP contribution is 2.38. The Bertz CT molecular complexity index is 406. The first-order valence-corrected chi connectivity index (χ1v) is 7.51. The molecule has 0 radical (unpaired) electrons. The Morgan fingerprint density at radius 2 is 2.00 bits per heavy atom. The second-order valence-corrected chi connectivity index (χ2v) is 8.17. The van der Waals surface area contributed by atoms with Crippen LogP contribution in [0.4, 0.5) is 0 Å². The van der Waals surface area contributed by atoms with Crippen molar-refractivity contribution in [1.29, 1.82) is 0 Å². The quantitative estimate of drug-likeness (QED) is 0.288. The van der Waals surface area contributed by atoms with Crippen LogP contribution in [0.25, 0.3) is 0 Å². The van der Waals surface area contributed by atoms with E-state index in [0.717, 1.165) is 11.6 Å². The van der Waals surface area contributed by atoms with Gasteiger partial charge in [-0.05, 0) is 5.56 Å². The summed E-state index contributed by atoms with van der Waals surface area (Å²) < 4.78 is -0.594. The summed E-state index contributed by atoms with van der Waals surface area (Å²) in [6, 6.07) is 9.83. The molecule has 3 nitrogen and oxygen atoms in total. The molecule has 1 aromatic carbocycles. The highest BCUT2D eigenvalue weighted by atomic mass is 79.9. The SMILES string of the molecule is C=CC(=O)OOC(Br)C(Br)(Br)Cc1ccccc1. The van der Waals surface area contributed by atoms with E-state index in [1.807, 2.05) is 30.3 Å². The number of carbonyl (C=O) groups excluding carboxylic acids is 1. The summed E-state index contributed by atoms with van der Waals surface area (Å²) in [5.41, 5.74) is 1.11. The zero-order valence-electron chi connectivity index (χ0n) is 9.31. The van der Waals surface area contributed by atoms with Crippen molar-refractivity contribution in [2.45, 2.75) is 14.7 Å². The van der Waals surface area contributed by atoms with Crippen LogP contribution in [-0.4, -0.2) is 14.2 Å². The van der Waals surface area contributed by atoms with E-state index in [4.69, 9.17) is 4.89 Å². The summed E-state index contributed by atoms with van der Waals surface area (Å²) in [5, 5.41) is -0.561. The number of carbonyl (C=O) groups is 1. The van der Waals surface area contributed by atoms with Crippen LogP contribution >= 0.6 is 47.8 Å². The van der Waals surface area contributed by atoms with Crippen molar-refractivity contribution < 1.29 is 14.6 Å². The first-order chi connectivity index (χ1) is 8.45. The van der Waals surface area contributed by atoms with Gasteiger partial charge in [0.2, 0.25) is 0 Å². The fourth-order valence-electron chi connectivity index (χ4n) is 1.14. The predicted molar refractivity (Wildman–Crippen MR) is 80.8 cm³/mol. The van der Waals surface area contributed by atoms with Crippen LogP contribution in [0.3, 0.4) is 0 Å². The van der Waals surface area contributed by atoms with Crippen LogP contribution in [0.1, 0.15) is 5.56 Å². The average Bonchev–Trinajstić information content (AvgIpc) is 2.36. The van der Waals surface area contributed by atoms with Crippen LogP contribution in [0.2, 0.25) is 0 Å². The minimum Gasteiger partial charge on any atom is -0.292 e. The van der Waals surface area contributed by atoms with Gasteiger partial charge in [0.15, 0.2) is 5.01 Å². The number of hydrogen-bond donors (Lipinski definition) is 0. The van der Waals surface area contributed by atoms with Gasteiger partial charge in [-0.2, -0.15) is 4.89 Å². The summed E-state index contributed by atoms with van der Waals surface area (Å²) in [6.45, 7) is 3.28. The minimum absolute atomic E-state index is 0.561. The largest absolute Gasteiger partial charge is 0.365 e. The monoisotopic (exact) mass is 440 g/mol. The third kappa shape index (κ3) is 5.22. The van der Waals surface area contributed by atoms with Gasteiger partial charge in [-0.1, -0.05) is 84.7 Å². The average molecular weight is 443 g/mol. The molecule has 0 aliphatic carbocycles. The molecule has 0 saturated heterocycles. The smallest absolute Gasteiger partial charge is 0.292 e. The van der Waals surface area contributed by atoms with Crippen molar-refractivity contribution in [3.8, 4) is 0 Å². The number of benzene rings is 1. The molecule has 0 aliphatic heterocycles. The lowest BCUT2D eigenvalue weighted by Gasteiger charge is -2.24. The van der Waals surface area contributed by atoms with E-state index in [-0.39, 0.29) is 0 Å². The highest BCUT2D eigenvalue weighted by Gasteiger charge is 2.34. The van der Waals surface area contributed by atoms with E-state index in [1.165, 1.54) is 0 Å². The van der Waals surface area contributed by atoms with Crippen LogP contribution in [-0.2, 0) is 21.0 Å². The van der Waals surface area contributed by atoms with Gasteiger partial charge in [0.05, 0.1) is 0 Å². The molecule has 0 heterocycles. The Balaban J connectivity index is 2.56. The van der Waals surface area contributed by atoms with E-state index in [1.54, 1.807) is 0 Å². The molecule has 0 saturated carbocycles. The maximum Gasteiger partial charge on any atom is 0.365 e. The summed E-state index contributed by atoms with van der Waals surface area (Å²) in [4.78, 5) is 20.3. The van der Waals surface area contributed by atoms with Gasteiger partial charge in [-0.15, -0.1) is 0 Å². The van der Waals surface area contributed by atoms with Crippen molar-refractivity contribution in [2.75, 3.05) is 0 Å². The Kier molecular flexibility index (Phi) is 6.55. The topological polar surface area (TPSA) is 35.5 Å². The molecular formula is C12H11Br3O3. The number of rotatable bonds is 6. The molecule has 1 rings (SSSR count). The molecule has 0 N–H and O–H groups in total. The van der Waals surface area contributed by atoms with Gasteiger partial charge in [0, 0.05) is 12.5 Å². The van der Waals surface area contributed by atoms with Gasteiger partial charge in [0.25, 0.3) is 0 Å². The van der Waals surface area contributed by atoms with Crippen molar-refractivity contribution in [3.63, 3.8) is 0 Å². The lowest BCUT2D eigenvalue weighted by Crippen LogP contribution is -2.30. The van der Waals surface area contributed by atoms with E-state index < -0.39 is 14.2 Å². The zero-order chi connectivity index (χ0) is 13.6. The third-order valence-corrected chi connectivity index (χ3v) is 5.55. The van der Waals surface area contributed by atoms with Crippen molar-refractivity contribution >= 4 is 53.8 Å². The molecule has 1 atom stereocenters. The van der Waals surface area contributed by atoms with E-state index in [0.29, 0.717) is 6.42 Å². The first-order valence-electron chi connectivity index (χ1n) is 5.01. The molecule has 0 amide bonds. The molecule has 0 aromatic heterocycles. The molecule has 0 fully saturated rings. The van der Waals surface area contributed by atoms with Crippen LogP contribution < -0.4 is 0 Å². The van der Waals surface area contributed by atoms with Gasteiger partial charge in [-0.3, -0.25) is 4.89 Å². The lowest BCUT2D eigenvalue weighted by molar-refractivity contribution is -0.274. The van der Waals surface area contributed by atoms with E-state index in [9.17, 15) is 4.79 Å². The predicted octanol–water partition coefficient (Wildman–Crippen LogP) is 4.10. The van der Waals surface area contributed by atoms with Crippen LogP contribution in [0, 0.1) is 0 Å². The van der Waals surface area contributed by atoms with E-state index in [2.05, 4.69) is 59.3 Å². The van der Waals surface area contributed by atoms with Gasteiger partial charge in [-0.25, -0.2) is 4.79 Å². The number of alkyl halides is 3. The summed E-state index contributed by atoms with van der Waals surface area (Å²) in [5.74, 6) is -0.644. The maximum atomic E-state index is 10.9. The summed E-state index contributed by atoms with van der Waals surface area (Å²) >= 11 is 10.3. The number of halogens is 3. The van der Waals surface area contributed by atoms with Gasteiger partial charge < -0.3 is 0 Å². The fourth-order valence-corrected chi connectivity index (χ4v) is 2.18. The fraction of sp³-hybridized carbons (Fsp3) is 0.250. The molecule has 0 spiro atoms. The first kappa shape index (κ1) is 15.9. The second kappa shape index (κ2) is 7.43. The van der Waals surface area contributed by atoms with Crippen molar-refractivity contribution in [3.05, 3.63) is 48.6 Å². The third-order valence-electron chi connectivity index (χ3n) is 2.00. The molecule has 6 heteroatoms. The van der Waals surface area contributed by atoms with Gasteiger partial charge >= 0.3 is 5.97 Å². The standard InChI is InChI=1S/C12H11Br3O3/c1-2-10(16)17-18-11(13)12(14,15)8-9-6-4-3-5-7-9/h2-7,11H,1,8H2. The zero-order valence-corrected chi connectivity index (χ0v) is 14.1. The molecule has 18 heavy (non-hydrogen) atoms. The Hall–Kier alpha value is -0.170. The normalized spacial score (nSPS) is 12.8. The highest BCUT2D eigenvalue weighted by molar-refractivity contribution is 9.26. The summed E-state index contributed by atoms with van der Waals surface area (Å²) in [7, 11) is 0.